The van der Waals surface area contributed by atoms with Crippen LogP contribution in [0.3, 0.4) is 0 Å². The zero-order valence-corrected chi connectivity index (χ0v) is 13.2. The Hall–Kier alpha value is -2.38. The van der Waals surface area contributed by atoms with Crippen molar-refractivity contribution in [1.29, 1.82) is 0 Å². The lowest BCUT2D eigenvalue weighted by Gasteiger charge is -1.98. The molecule has 1 aromatic carbocycles. The van der Waals surface area contributed by atoms with Crippen LogP contribution in [-0.4, -0.2) is 26.7 Å². The third-order valence-electron chi connectivity index (χ3n) is 2.88. The van der Waals surface area contributed by atoms with Crippen LogP contribution in [0, 0.1) is 0 Å². The van der Waals surface area contributed by atoms with Gasteiger partial charge >= 0.3 is 0 Å². The number of hydrogen-bond acceptors (Lipinski definition) is 6. The second kappa shape index (κ2) is 6.80. The van der Waals surface area contributed by atoms with Crippen LogP contribution in [0.4, 0.5) is 0 Å². The van der Waals surface area contributed by atoms with Crippen molar-refractivity contribution in [3.8, 4) is 0 Å². The summed E-state index contributed by atoms with van der Waals surface area (Å²) < 4.78 is 5.56. The lowest BCUT2D eigenvalue weighted by Crippen LogP contribution is -2.17. The molecule has 3 aromatic rings. The molecular weight excluding hydrogens is 338 g/mol. The molecular formula is C15H10ClN3O3S. The average molecular weight is 348 g/mol. The molecule has 0 unspecified atom stereocenters. The fraction of sp³-hybridized carbons (Fsp3) is 0.0667. The Morgan fingerprint density at radius 1 is 1.17 bits per heavy atom. The Bertz CT molecular complexity index is 828. The van der Waals surface area contributed by atoms with Gasteiger partial charge in [0.15, 0.2) is 5.09 Å². The van der Waals surface area contributed by atoms with Crippen LogP contribution in [0.1, 0.15) is 16.4 Å². The van der Waals surface area contributed by atoms with Crippen LogP contribution in [0.15, 0.2) is 57.1 Å². The first kappa shape index (κ1) is 15.5. The van der Waals surface area contributed by atoms with Crippen LogP contribution in [0.5, 0.6) is 0 Å². The van der Waals surface area contributed by atoms with E-state index in [9.17, 15) is 9.59 Å². The number of Topliss-reactive ketones (excluding diaryl/α,β-unsaturated/α-hetero) is 2. The van der Waals surface area contributed by atoms with Gasteiger partial charge in [-0.25, -0.2) is 4.98 Å². The topological polar surface area (TPSA) is 88.9 Å². The summed E-state index contributed by atoms with van der Waals surface area (Å²) in [5.41, 5.74) is 0. The number of ketones is 2. The van der Waals surface area contributed by atoms with Crippen LogP contribution >= 0.6 is 23.4 Å². The predicted octanol–water partition coefficient (Wildman–Crippen LogP) is 3.20. The number of carbonyl (C=O) groups excluding carboxylic acids is 2. The number of halogens is 1. The molecule has 0 radical (unpaired) electrons. The van der Waals surface area contributed by atoms with Gasteiger partial charge in [0.25, 0.3) is 5.78 Å². The molecule has 0 spiro atoms. The molecule has 0 atom stereocenters. The van der Waals surface area contributed by atoms with E-state index < -0.39 is 11.6 Å². The summed E-state index contributed by atoms with van der Waals surface area (Å²) in [4.78, 5) is 28.3. The van der Waals surface area contributed by atoms with E-state index in [1.165, 1.54) is 18.1 Å². The van der Waals surface area contributed by atoms with E-state index in [0.717, 1.165) is 4.90 Å². The van der Waals surface area contributed by atoms with Crippen LogP contribution < -0.4 is 0 Å². The Morgan fingerprint density at radius 2 is 1.96 bits per heavy atom. The number of H-pyrrole nitrogens is 1. The Morgan fingerprint density at radius 3 is 2.65 bits per heavy atom. The van der Waals surface area contributed by atoms with Gasteiger partial charge in [-0.2, -0.15) is 0 Å². The van der Waals surface area contributed by atoms with Crippen molar-refractivity contribution in [2.45, 2.75) is 16.4 Å². The molecule has 0 saturated heterocycles. The zero-order chi connectivity index (χ0) is 16.2. The van der Waals surface area contributed by atoms with Gasteiger partial charge in [-0.15, -0.1) is 5.10 Å². The SMILES string of the molecule is O=C(Cc1ccc(Sc2ccc(Cl)cc2)o1)C(=O)c1nc[nH]n1. The van der Waals surface area contributed by atoms with Crippen LogP contribution in [-0.2, 0) is 11.2 Å². The predicted molar refractivity (Wildman–Crippen MR) is 83.7 cm³/mol. The highest BCUT2D eigenvalue weighted by Gasteiger charge is 2.21. The fourth-order valence-corrected chi connectivity index (χ4v) is 2.72. The molecule has 0 fully saturated rings. The third kappa shape index (κ3) is 3.88. The smallest absolute Gasteiger partial charge is 0.268 e. The van der Waals surface area contributed by atoms with Crippen molar-refractivity contribution >= 4 is 34.9 Å². The van der Waals surface area contributed by atoms with Gasteiger partial charge in [0.2, 0.25) is 11.6 Å². The Labute approximate surface area is 140 Å². The number of furan rings is 1. The van der Waals surface area contributed by atoms with Crippen molar-refractivity contribution in [3.05, 3.63) is 59.3 Å². The summed E-state index contributed by atoms with van der Waals surface area (Å²) in [5, 5.41) is 7.27. The van der Waals surface area contributed by atoms with Gasteiger partial charge in [0.05, 0.1) is 6.42 Å². The number of rotatable bonds is 6. The monoisotopic (exact) mass is 347 g/mol. The van der Waals surface area contributed by atoms with Gasteiger partial charge in [0.1, 0.15) is 12.1 Å². The van der Waals surface area contributed by atoms with Crippen LogP contribution in [0.25, 0.3) is 0 Å². The van der Waals surface area contributed by atoms with Gasteiger partial charge < -0.3 is 4.42 Å². The number of hydrogen-bond donors (Lipinski definition) is 1. The van der Waals surface area contributed by atoms with E-state index in [1.807, 2.05) is 12.1 Å². The van der Waals surface area contributed by atoms with E-state index in [2.05, 4.69) is 15.2 Å². The molecule has 0 bridgehead atoms. The molecule has 1 N–H and O–H groups in total. The van der Waals surface area contributed by atoms with Gasteiger partial charge in [-0.1, -0.05) is 23.4 Å². The molecule has 2 heterocycles. The number of nitrogens with zero attached hydrogens (tertiary/aromatic N) is 2. The minimum atomic E-state index is -0.741. The highest BCUT2D eigenvalue weighted by atomic mass is 35.5. The standard InChI is InChI=1S/C15H10ClN3O3S/c16-9-1-4-11(5-2-9)23-13-6-3-10(22-13)7-12(20)14(21)15-17-8-18-19-15/h1-6,8H,7H2,(H,17,18,19). The van der Waals surface area contributed by atoms with E-state index >= 15 is 0 Å². The molecule has 6 nitrogen and oxygen atoms in total. The highest BCUT2D eigenvalue weighted by Crippen LogP contribution is 2.30. The van der Waals surface area contributed by atoms with E-state index in [-0.39, 0.29) is 12.2 Å². The molecule has 0 aliphatic rings. The third-order valence-corrected chi connectivity index (χ3v) is 4.06. The number of carbonyl (C=O) groups is 2. The maximum atomic E-state index is 11.9. The van der Waals surface area contributed by atoms with Crippen LogP contribution in [0.2, 0.25) is 5.02 Å². The number of benzene rings is 1. The minimum Gasteiger partial charge on any atom is -0.454 e. The van der Waals surface area contributed by atoms with Crippen molar-refractivity contribution in [3.63, 3.8) is 0 Å². The van der Waals surface area contributed by atoms with E-state index in [1.54, 1.807) is 24.3 Å². The first-order valence-electron chi connectivity index (χ1n) is 6.57. The maximum Gasteiger partial charge on any atom is 0.268 e. The van der Waals surface area contributed by atoms with Gasteiger partial charge in [0, 0.05) is 9.92 Å². The summed E-state index contributed by atoms with van der Waals surface area (Å²) in [6, 6.07) is 10.7. The Kier molecular flexibility index (Phi) is 4.59. The van der Waals surface area contributed by atoms with Gasteiger partial charge in [-0.05, 0) is 36.4 Å². The molecule has 0 saturated carbocycles. The number of aromatic nitrogens is 3. The molecule has 0 amide bonds. The van der Waals surface area contributed by atoms with E-state index in [4.69, 9.17) is 16.0 Å². The molecule has 23 heavy (non-hydrogen) atoms. The first-order chi connectivity index (χ1) is 11.1. The molecule has 8 heteroatoms. The van der Waals surface area contributed by atoms with Gasteiger partial charge in [-0.3, -0.25) is 14.7 Å². The molecule has 116 valence electrons. The highest BCUT2D eigenvalue weighted by molar-refractivity contribution is 7.99. The lowest BCUT2D eigenvalue weighted by atomic mass is 10.1. The maximum absolute atomic E-state index is 11.9. The lowest BCUT2D eigenvalue weighted by molar-refractivity contribution is -0.114. The average Bonchev–Trinajstić information content (AvgIpc) is 3.21. The summed E-state index contributed by atoms with van der Waals surface area (Å²) in [6.45, 7) is 0. The second-order valence-electron chi connectivity index (χ2n) is 4.53. The first-order valence-corrected chi connectivity index (χ1v) is 7.77. The second-order valence-corrected chi connectivity index (χ2v) is 6.04. The molecule has 0 aliphatic carbocycles. The summed E-state index contributed by atoms with van der Waals surface area (Å²) >= 11 is 7.23. The normalized spacial score (nSPS) is 10.7. The quantitative estimate of drug-likeness (QED) is 0.544. The zero-order valence-electron chi connectivity index (χ0n) is 11.7. The molecule has 3 rings (SSSR count). The summed E-state index contributed by atoms with van der Waals surface area (Å²) in [6.07, 6.45) is 1.11. The van der Waals surface area contributed by atoms with Crippen molar-refractivity contribution < 1.29 is 14.0 Å². The summed E-state index contributed by atoms with van der Waals surface area (Å²) in [5.74, 6) is -1.09. The number of nitrogens with one attached hydrogen (secondary N) is 1. The fourth-order valence-electron chi connectivity index (χ4n) is 1.81. The molecule has 0 aliphatic heterocycles. The minimum absolute atomic E-state index is 0.130. The summed E-state index contributed by atoms with van der Waals surface area (Å²) in [7, 11) is 0. The number of aromatic amines is 1. The largest absolute Gasteiger partial charge is 0.454 e. The van der Waals surface area contributed by atoms with Crippen molar-refractivity contribution in [1.82, 2.24) is 15.2 Å². The molecule has 2 aromatic heterocycles. The van der Waals surface area contributed by atoms with E-state index in [0.29, 0.717) is 15.9 Å². The Balaban J connectivity index is 1.64. The van der Waals surface area contributed by atoms with Crippen molar-refractivity contribution in [2.75, 3.05) is 0 Å². The van der Waals surface area contributed by atoms with Crippen molar-refractivity contribution in [2.24, 2.45) is 0 Å².